The van der Waals surface area contributed by atoms with Crippen LogP contribution in [0.25, 0.3) is 10.9 Å². The number of hydrogen-bond donors (Lipinski definition) is 3. The summed E-state index contributed by atoms with van der Waals surface area (Å²) in [6.07, 6.45) is 7.37. The Labute approximate surface area is 195 Å². The van der Waals surface area contributed by atoms with Crippen molar-refractivity contribution in [2.45, 2.75) is 56.5 Å². The summed E-state index contributed by atoms with van der Waals surface area (Å²) in [6.45, 7) is 0. The SMILES string of the molecule is Cn1ccc2cccc(N(S(=O)O)C3(C(=O)NC4C5CC6CC4CC(C(N)=O)(C6)C5)CC3)c21. The van der Waals surface area contributed by atoms with E-state index in [1.54, 1.807) is 0 Å². The Balaban J connectivity index is 1.30. The van der Waals surface area contributed by atoms with Crippen LogP contribution in [0.4, 0.5) is 5.69 Å². The molecule has 2 amide bonds. The van der Waals surface area contributed by atoms with Crippen LogP contribution in [0.2, 0.25) is 0 Å². The first-order valence-corrected chi connectivity index (χ1v) is 12.9. The number of nitrogens with two attached hydrogens (primary N) is 1. The van der Waals surface area contributed by atoms with Gasteiger partial charge in [-0.3, -0.25) is 18.4 Å². The molecule has 176 valence electrons. The van der Waals surface area contributed by atoms with E-state index in [0.29, 0.717) is 24.4 Å². The third kappa shape index (κ3) is 3.01. The molecule has 0 radical (unpaired) electrons. The Morgan fingerprint density at radius 2 is 1.88 bits per heavy atom. The molecule has 1 aromatic heterocycles. The predicted octanol–water partition coefficient (Wildman–Crippen LogP) is 2.45. The van der Waals surface area contributed by atoms with E-state index in [1.807, 2.05) is 42.1 Å². The van der Waals surface area contributed by atoms with Gasteiger partial charge in [0.15, 0.2) is 0 Å². The highest BCUT2D eigenvalue weighted by atomic mass is 32.2. The lowest BCUT2D eigenvalue weighted by Crippen LogP contribution is -2.64. The lowest BCUT2D eigenvalue weighted by atomic mass is 9.47. The van der Waals surface area contributed by atoms with E-state index in [2.05, 4.69) is 5.32 Å². The minimum atomic E-state index is -2.36. The largest absolute Gasteiger partial charge is 0.369 e. The number of carbonyl (C=O) groups is 2. The van der Waals surface area contributed by atoms with Gasteiger partial charge >= 0.3 is 0 Å². The molecular formula is C24H30N4O4S. The zero-order valence-corrected chi connectivity index (χ0v) is 19.5. The number of para-hydroxylation sites is 1. The van der Waals surface area contributed by atoms with Crippen LogP contribution in [0.3, 0.4) is 0 Å². The normalized spacial score (nSPS) is 34.2. The standard InChI is InChI=1S/C24H30N4O4S/c1-27-8-5-15-3-2-4-18(20(15)27)28(33(31)32)24(6-7-24)22(30)26-19-16-9-14-10-17(19)13-23(11-14,12-16)21(25)29/h2-5,8,14,16-17,19H,6-7,9-13H2,1H3,(H2,25,29)(H,26,30)(H,31,32). The Morgan fingerprint density at radius 3 is 2.48 bits per heavy atom. The van der Waals surface area contributed by atoms with E-state index in [0.717, 1.165) is 43.0 Å². The van der Waals surface area contributed by atoms with Crippen LogP contribution in [-0.2, 0) is 27.9 Å². The molecule has 0 saturated heterocycles. The average Bonchev–Trinajstić information content (AvgIpc) is 3.46. The number of aryl methyl sites for hydroxylation is 1. The van der Waals surface area contributed by atoms with Crippen molar-refractivity contribution in [1.29, 1.82) is 0 Å². The fourth-order valence-corrected chi connectivity index (χ4v) is 8.33. The van der Waals surface area contributed by atoms with Gasteiger partial charge in [-0.15, -0.1) is 0 Å². The number of anilines is 1. The summed E-state index contributed by atoms with van der Waals surface area (Å²) < 4.78 is 26.3. The van der Waals surface area contributed by atoms with E-state index in [1.165, 1.54) is 4.31 Å². The molecule has 1 heterocycles. The highest BCUT2D eigenvalue weighted by Crippen LogP contribution is 2.60. The molecule has 5 saturated carbocycles. The van der Waals surface area contributed by atoms with Gasteiger partial charge in [0, 0.05) is 30.1 Å². The zero-order chi connectivity index (χ0) is 23.1. The topological polar surface area (TPSA) is 118 Å². The summed E-state index contributed by atoms with van der Waals surface area (Å²) in [6, 6.07) is 7.58. The molecule has 33 heavy (non-hydrogen) atoms. The first-order chi connectivity index (χ1) is 15.7. The summed E-state index contributed by atoms with van der Waals surface area (Å²) in [5, 5.41) is 4.26. The van der Waals surface area contributed by atoms with Crippen molar-refractivity contribution < 1.29 is 18.4 Å². The summed E-state index contributed by atoms with van der Waals surface area (Å²) >= 11 is -2.36. The van der Waals surface area contributed by atoms with Crippen LogP contribution in [0.1, 0.15) is 44.9 Å². The summed E-state index contributed by atoms with van der Waals surface area (Å²) in [7, 11) is 1.90. The monoisotopic (exact) mass is 470 g/mol. The second kappa shape index (κ2) is 7.06. The van der Waals surface area contributed by atoms with E-state index < -0.39 is 22.2 Å². The van der Waals surface area contributed by atoms with Crippen LogP contribution in [-0.4, -0.2) is 36.7 Å². The van der Waals surface area contributed by atoms with Crippen molar-refractivity contribution >= 4 is 39.7 Å². The third-order valence-electron chi connectivity index (χ3n) is 8.88. The minimum Gasteiger partial charge on any atom is -0.369 e. The molecular weight excluding hydrogens is 440 g/mol. The lowest BCUT2D eigenvalue weighted by Gasteiger charge is -2.59. The van der Waals surface area contributed by atoms with Crippen molar-refractivity contribution in [1.82, 2.24) is 9.88 Å². The van der Waals surface area contributed by atoms with Crippen molar-refractivity contribution in [2.24, 2.45) is 36.0 Å². The maximum absolute atomic E-state index is 13.7. The van der Waals surface area contributed by atoms with Crippen LogP contribution in [0.15, 0.2) is 30.5 Å². The third-order valence-corrected chi connectivity index (χ3v) is 9.74. The van der Waals surface area contributed by atoms with Crippen LogP contribution >= 0.6 is 0 Å². The van der Waals surface area contributed by atoms with Crippen molar-refractivity contribution in [2.75, 3.05) is 4.31 Å². The number of hydrogen-bond acceptors (Lipinski definition) is 3. The Kier molecular flexibility index (Phi) is 4.52. The van der Waals surface area contributed by atoms with Crippen LogP contribution < -0.4 is 15.4 Å². The maximum atomic E-state index is 13.7. The maximum Gasteiger partial charge on any atom is 0.262 e. The number of fused-ring (bicyclic) bond motifs is 1. The van der Waals surface area contributed by atoms with Crippen molar-refractivity contribution in [3.05, 3.63) is 30.5 Å². The number of rotatable bonds is 6. The number of nitrogens with one attached hydrogen (secondary N) is 1. The molecule has 4 N–H and O–H groups in total. The molecule has 1 aromatic carbocycles. The minimum absolute atomic E-state index is 0.00110. The Hall–Kier alpha value is -2.39. The fraction of sp³-hybridized carbons (Fsp3) is 0.583. The molecule has 3 unspecified atom stereocenters. The smallest absolute Gasteiger partial charge is 0.262 e. The van der Waals surface area contributed by atoms with E-state index >= 15 is 0 Å². The van der Waals surface area contributed by atoms with Gasteiger partial charge in [-0.05, 0) is 74.8 Å². The summed E-state index contributed by atoms with van der Waals surface area (Å²) in [4.78, 5) is 26.0. The van der Waals surface area contributed by atoms with Gasteiger partial charge < -0.3 is 15.6 Å². The quantitative estimate of drug-likeness (QED) is 0.562. The molecule has 7 rings (SSSR count). The molecule has 4 bridgehead atoms. The molecule has 5 aliphatic carbocycles. The summed E-state index contributed by atoms with van der Waals surface area (Å²) in [5.41, 5.74) is 5.79. The van der Waals surface area contributed by atoms with Gasteiger partial charge in [-0.2, -0.15) is 0 Å². The van der Waals surface area contributed by atoms with Gasteiger partial charge in [-0.25, -0.2) is 4.21 Å². The average molecular weight is 471 g/mol. The number of benzene rings is 1. The molecule has 0 aliphatic heterocycles. The molecule has 2 aromatic rings. The van der Waals surface area contributed by atoms with Crippen LogP contribution in [0.5, 0.6) is 0 Å². The van der Waals surface area contributed by atoms with E-state index in [4.69, 9.17) is 5.73 Å². The fourth-order valence-electron chi connectivity index (χ4n) is 7.45. The van der Waals surface area contributed by atoms with E-state index in [9.17, 15) is 18.4 Å². The predicted molar refractivity (Wildman–Crippen MR) is 125 cm³/mol. The molecule has 5 fully saturated rings. The molecule has 5 aliphatic rings. The van der Waals surface area contributed by atoms with Gasteiger partial charge in [0.25, 0.3) is 11.3 Å². The lowest BCUT2D eigenvalue weighted by molar-refractivity contribution is -0.147. The number of aromatic nitrogens is 1. The highest BCUT2D eigenvalue weighted by molar-refractivity contribution is 7.80. The molecule has 8 nitrogen and oxygen atoms in total. The second-order valence-electron chi connectivity index (χ2n) is 10.8. The second-order valence-corrected chi connectivity index (χ2v) is 11.6. The van der Waals surface area contributed by atoms with Gasteiger partial charge in [0.05, 0.1) is 11.2 Å². The van der Waals surface area contributed by atoms with E-state index in [-0.39, 0.29) is 29.7 Å². The summed E-state index contributed by atoms with van der Waals surface area (Å²) in [5.74, 6) is 0.625. The molecule has 3 atom stereocenters. The Bertz CT molecular complexity index is 1170. The zero-order valence-electron chi connectivity index (χ0n) is 18.7. The number of nitrogens with zero attached hydrogens (tertiary/aromatic N) is 2. The van der Waals surface area contributed by atoms with Gasteiger partial charge in [0.1, 0.15) is 5.54 Å². The first-order valence-electron chi connectivity index (χ1n) is 11.8. The Morgan fingerprint density at radius 1 is 1.18 bits per heavy atom. The number of carbonyl (C=O) groups excluding carboxylic acids is 2. The van der Waals surface area contributed by atoms with Gasteiger partial charge in [0.2, 0.25) is 11.8 Å². The molecule has 9 heteroatoms. The van der Waals surface area contributed by atoms with Crippen molar-refractivity contribution in [3.8, 4) is 0 Å². The highest BCUT2D eigenvalue weighted by Gasteiger charge is 2.61. The first kappa shape index (κ1) is 21.2. The number of amides is 2. The van der Waals surface area contributed by atoms with Gasteiger partial charge in [-0.1, -0.05) is 12.1 Å². The number of primary amides is 1. The molecule has 0 spiro atoms. The van der Waals surface area contributed by atoms with Crippen LogP contribution in [0, 0.1) is 23.2 Å². The van der Waals surface area contributed by atoms with Crippen molar-refractivity contribution in [3.63, 3.8) is 0 Å².